The first kappa shape index (κ1) is 11.9. The Balaban J connectivity index is 2.59. The zero-order valence-corrected chi connectivity index (χ0v) is 9.09. The lowest BCUT2D eigenvalue weighted by Crippen LogP contribution is -2.35. The van der Waals surface area contributed by atoms with Crippen molar-refractivity contribution in [1.82, 2.24) is 0 Å². The lowest BCUT2D eigenvalue weighted by molar-refractivity contribution is -0.119. The fraction of sp³-hybridized carbons (Fsp3) is 0.417. The highest BCUT2D eigenvalue weighted by molar-refractivity contribution is 5.81. The van der Waals surface area contributed by atoms with E-state index in [1.165, 1.54) is 12.1 Å². The average molecular weight is 209 g/mol. The van der Waals surface area contributed by atoms with Crippen molar-refractivity contribution in [2.45, 2.75) is 32.2 Å². The molecule has 0 saturated heterocycles. The number of carbonyl (C=O) groups excluding carboxylic acids is 1. The Labute approximate surface area is 89.3 Å². The molecule has 2 nitrogen and oxygen atoms in total. The van der Waals surface area contributed by atoms with E-state index in [0.717, 1.165) is 0 Å². The summed E-state index contributed by atoms with van der Waals surface area (Å²) in [6.07, 6.45) is 0.557. The summed E-state index contributed by atoms with van der Waals surface area (Å²) in [4.78, 5) is 11.5. The second-order valence-corrected chi connectivity index (χ2v) is 4.51. The van der Waals surface area contributed by atoms with E-state index >= 15 is 0 Å². The molecule has 0 unspecified atom stereocenters. The van der Waals surface area contributed by atoms with E-state index in [4.69, 9.17) is 5.73 Å². The summed E-state index contributed by atoms with van der Waals surface area (Å²) in [6, 6.07) is 6.08. The van der Waals surface area contributed by atoms with Gasteiger partial charge in [0.1, 0.15) is 11.6 Å². The number of halogens is 1. The van der Waals surface area contributed by atoms with Crippen LogP contribution in [0.3, 0.4) is 0 Å². The number of rotatable bonds is 4. The van der Waals surface area contributed by atoms with E-state index in [1.54, 1.807) is 26.0 Å². The lowest BCUT2D eigenvalue weighted by atomic mass is 9.96. The van der Waals surface area contributed by atoms with E-state index in [0.29, 0.717) is 12.0 Å². The fourth-order valence-electron chi connectivity index (χ4n) is 1.45. The first-order valence-electron chi connectivity index (χ1n) is 4.92. The van der Waals surface area contributed by atoms with Gasteiger partial charge in [-0.25, -0.2) is 4.39 Å². The van der Waals surface area contributed by atoms with Crippen LogP contribution in [0.25, 0.3) is 0 Å². The number of benzene rings is 1. The smallest absolute Gasteiger partial charge is 0.139 e. The van der Waals surface area contributed by atoms with Crippen molar-refractivity contribution in [3.05, 3.63) is 35.6 Å². The van der Waals surface area contributed by atoms with E-state index in [2.05, 4.69) is 0 Å². The number of Topliss-reactive ketones (excluding diaryl/α,β-unsaturated/α-hetero) is 1. The molecule has 15 heavy (non-hydrogen) atoms. The summed E-state index contributed by atoms with van der Waals surface area (Å²) in [5.74, 6) is -0.277. The first-order valence-corrected chi connectivity index (χ1v) is 4.92. The molecule has 0 bridgehead atoms. The van der Waals surface area contributed by atoms with Crippen molar-refractivity contribution in [3.8, 4) is 0 Å². The van der Waals surface area contributed by atoms with Crippen LogP contribution in [0.1, 0.15) is 25.8 Å². The summed E-state index contributed by atoms with van der Waals surface area (Å²) in [6.45, 7) is 3.60. The number of hydrogen-bond acceptors (Lipinski definition) is 2. The van der Waals surface area contributed by atoms with Crippen LogP contribution < -0.4 is 5.73 Å². The minimum absolute atomic E-state index is 0.0353. The van der Waals surface area contributed by atoms with Crippen LogP contribution in [0, 0.1) is 5.82 Å². The predicted octanol–water partition coefficient (Wildman–Crippen LogP) is 2.06. The molecule has 0 aromatic heterocycles. The Hall–Kier alpha value is -1.22. The van der Waals surface area contributed by atoms with Gasteiger partial charge < -0.3 is 5.73 Å². The molecule has 0 spiro atoms. The van der Waals surface area contributed by atoms with E-state index in [-0.39, 0.29) is 18.0 Å². The molecule has 82 valence electrons. The maximum Gasteiger partial charge on any atom is 0.139 e. The predicted molar refractivity (Wildman–Crippen MR) is 58.0 cm³/mol. The molecule has 0 amide bonds. The maximum absolute atomic E-state index is 12.8. The Kier molecular flexibility index (Phi) is 3.58. The van der Waals surface area contributed by atoms with Crippen LogP contribution in [0.4, 0.5) is 4.39 Å². The highest BCUT2D eigenvalue weighted by Crippen LogP contribution is 2.10. The summed E-state index contributed by atoms with van der Waals surface area (Å²) in [5, 5.41) is 0. The van der Waals surface area contributed by atoms with Crippen molar-refractivity contribution < 1.29 is 9.18 Å². The largest absolute Gasteiger partial charge is 0.325 e. The van der Waals surface area contributed by atoms with Gasteiger partial charge in [0.15, 0.2) is 0 Å². The number of carbonyl (C=O) groups is 1. The van der Waals surface area contributed by atoms with Crippen LogP contribution in [0.15, 0.2) is 24.3 Å². The summed E-state index contributed by atoms with van der Waals surface area (Å²) < 4.78 is 12.8. The molecular formula is C12H16FNO. The molecule has 0 atom stereocenters. The Bertz CT molecular complexity index is 355. The standard InChI is InChI=1S/C12H16FNO/c1-12(2,14)8-11(15)7-9-4-3-5-10(13)6-9/h3-6H,7-8,14H2,1-2H3. The van der Waals surface area contributed by atoms with Gasteiger partial charge in [0, 0.05) is 18.4 Å². The SMILES string of the molecule is CC(C)(N)CC(=O)Cc1cccc(F)c1. The molecule has 0 heterocycles. The van der Waals surface area contributed by atoms with Crippen LogP contribution in [0.5, 0.6) is 0 Å². The Morgan fingerprint density at radius 3 is 2.67 bits per heavy atom. The van der Waals surface area contributed by atoms with Crippen molar-refractivity contribution in [3.63, 3.8) is 0 Å². The third kappa shape index (κ3) is 4.70. The minimum Gasteiger partial charge on any atom is -0.325 e. The van der Waals surface area contributed by atoms with Crippen LogP contribution in [-0.4, -0.2) is 11.3 Å². The highest BCUT2D eigenvalue weighted by atomic mass is 19.1. The van der Waals surface area contributed by atoms with Gasteiger partial charge in [-0.1, -0.05) is 12.1 Å². The molecule has 3 heteroatoms. The molecule has 1 aromatic carbocycles. The van der Waals surface area contributed by atoms with Crippen molar-refractivity contribution >= 4 is 5.78 Å². The molecule has 0 aliphatic heterocycles. The van der Waals surface area contributed by atoms with Crippen molar-refractivity contribution in [2.24, 2.45) is 5.73 Å². The number of hydrogen-bond donors (Lipinski definition) is 1. The number of nitrogens with two attached hydrogens (primary N) is 1. The molecule has 0 aliphatic carbocycles. The molecule has 0 aliphatic rings. The molecule has 0 radical (unpaired) electrons. The second kappa shape index (κ2) is 4.53. The highest BCUT2D eigenvalue weighted by Gasteiger charge is 2.16. The second-order valence-electron chi connectivity index (χ2n) is 4.51. The molecule has 0 saturated carbocycles. The van der Waals surface area contributed by atoms with Crippen LogP contribution >= 0.6 is 0 Å². The van der Waals surface area contributed by atoms with Crippen LogP contribution in [-0.2, 0) is 11.2 Å². The quantitative estimate of drug-likeness (QED) is 0.824. The van der Waals surface area contributed by atoms with E-state index < -0.39 is 5.54 Å². The Morgan fingerprint density at radius 1 is 1.47 bits per heavy atom. The topological polar surface area (TPSA) is 43.1 Å². The van der Waals surface area contributed by atoms with E-state index in [9.17, 15) is 9.18 Å². The van der Waals surface area contributed by atoms with Gasteiger partial charge in [-0.05, 0) is 31.5 Å². The van der Waals surface area contributed by atoms with Gasteiger partial charge in [-0.15, -0.1) is 0 Å². The van der Waals surface area contributed by atoms with Gasteiger partial charge in [-0.2, -0.15) is 0 Å². The summed E-state index contributed by atoms with van der Waals surface area (Å²) >= 11 is 0. The molecule has 0 fully saturated rings. The molecule has 1 aromatic rings. The summed E-state index contributed by atoms with van der Waals surface area (Å²) in [5.41, 5.74) is 5.93. The fourth-order valence-corrected chi connectivity index (χ4v) is 1.45. The molecule has 1 rings (SSSR count). The zero-order chi connectivity index (χ0) is 11.5. The van der Waals surface area contributed by atoms with Gasteiger partial charge in [0.25, 0.3) is 0 Å². The van der Waals surface area contributed by atoms with Gasteiger partial charge >= 0.3 is 0 Å². The van der Waals surface area contributed by atoms with Crippen molar-refractivity contribution in [2.75, 3.05) is 0 Å². The third-order valence-corrected chi connectivity index (χ3v) is 1.94. The summed E-state index contributed by atoms with van der Waals surface area (Å²) in [7, 11) is 0. The normalized spacial score (nSPS) is 11.5. The third-order valence-electron chi connectivity index (χ3n) is 1.94. The maximum atomic E-state index is 12.8. The monoisotopic (exact) mass is 209 g/mol. The lowest BCUT2D eigenvalue weighted by Gasteiger charge is -2.16. The molecular weight excluding hydrogens is 193 g/mol. The van der Waals surface area contributed by atoms with Gasteiger partial charge in [0.2, 0.25) is 0 Å². The van der Waals surface area contributed by atoms with Crippen molar-refractivity contribution in [1.29, 1.82) is 0 Å². The average Bonchev–Trinajstić information content (AvgIpc) is 1.99. The van der Waals surface area contributed by atoms with Gasteiger partial charge in [0.05, 0.1) is 0 Å². The Morgan fingerprint density at radius 2 is 2.13 bits per heavy atom. The number of ketones is 1. The first-order chi connectivity index (χ1) is 6.87. The zero-order valence-electron chi connectivity index (χ0n) is 9.09. The van der Waals surface area contributed by atoms with Crippen LogP contribution in [0.2, 0.25) is 0 Å². The molecule has 2 N–H and O–H groups in total. The van der Waals surface area contributed by atoms with E-state index in [1.807, 2.05) is 0 Å². The van der Waals surface area contributed by atoms with Gasteiger partial charge in [-0.3, -0.25) is 4.79 Å². The minimum atomic E-state index is -0.496.